The van der Waals surface area contributed by atoms with E-state index in [1.165, 1.54) is 17.0 Å². The van der Waals surface area contributed by atoms with Gasteiger partial charge in [0.05, 0.1) is 22.0 Å². The van der Waals surface area contributed by atoms with Crippen LogP contribution in [0.3, 0.4) is 0 Å². The summed E-state index contributed by atoms with van der Waals surface area (Å²) in [5.74, 6) is 0.473. The highest BCUT2D eigenvalue weighted by Gasteiger charge is 2.19. The van der Waals surface area contributed by atoms with E-state index in [4.69, 9.17) is 4.74 Å². The number of rotatable bonds is 7. The largest absolute Gasteiger partial charge is 0.481 e. The van der Waals surface area contributed by atoms with Crippen molar-refractivity contribution in [1.82, 2.24) is 9.66 Å². The third-order valence-corrected chi connectivity index (χ3v) is 5.88. The Hall–Kier alpha value is -3.85. The van der Waals surface area contributed by atoms with Gasteiger partial charge in [-0.15, -0.1) is 0 Å². The van der Waals surface area contributed by atoms with Crippen LogP contribution in [-0.2, 0) is 6.61 Å². The van der Waals surface area contributed by atoms with Crippen LogP contribution in [0.4, 0.5) is 5.69 Å². The summed E-state index contributed by atoms with van der Waals surface area (Å²) in [4.78, 5) is 29.1. The number of halogens is 1. The van der Waals surface area contributed by atoms with Crippen molar-refractivity contribution in [3.05, 3.63) is 108 Å². The monoisotopic (exact) mass is 534 g/mol. The molecule has 4 rings (SSSR count). The first-order valence-corrected chi connectivity index (χ1v) is 11.8. The fraction of sp³-hybridized carbons (Fsp3) is 0.192. The summed E-state index contributed by atoms with van der Waals surface area (Å²) in [6.07, 6.45) is 1.40. The number of hydrogen-bond acceptors (Lipinski definition) is 6. The average Bonchev–Trinajstić information content (AvgIpc) is 2.83. The smallest absolute Gasteiger partial charge is 0.311 e. The van der Waals surface area contributed by atoms with Crippen LogP contribution in [0.2, 0.25) is 0 Å². The molecule has 8 nitrogen and oxygen atoms in total. The first kappa shape index (κ1) is 24.3. The molecule has 0 aliphatic rings. The molecule has 0 saturated carbocycles. The molecule has 1 heterocycles. The molecule has 0 aliphatic carbocycles. The Morgan fingerprint density at radius 3 is 2.60 bits per heavy atom. The van der Waals surface area contributed by atoms with Crippen LogP contribution in [0.15, 0.2) is 75.0 Å². The second kappa shape index (κ2) is 10.2. The van der Waals surface area contributed by atoms with Crippen LogP contribution in [0.1, 0.15) is 42.3 Å². The van der Waals surface area contributed by atoms with E-state index >= 15 is 0 Å². The molecule has 0 bridgehead atoms. The lowest BCUT2D eigenvalue weighted by molar-refractivity contribution is -0.385. The number of nitrogens with zero attached hydrogens (tertiary/aromatic N) is 4. The van der Waals surface area contributed by atoms with Gasteiger partial charge in [0.2, 0.25) is 5.75 Å². The molecule has 0 fully saturated rings. The van der Waals surface area contributed by atoms with Gasteiger partial charge < -0.3 is 4.74 Å². The van der Waals surface area contributed by atoms with Gasteiger partial charge in [0.25, 0.3) is 5.56 Å². The van der Waals surface area contributed by atoms with Crippen molar-refractivity contribution in [2.75, 3.05) is 0 Å². The molecule has 178 valence electrons. The van der Waals surface area contributed by atoms with Crippen molar-refractivity contribution in [2.45, 2.75) is 33.3 Å². The zero-order valence-electron chi connectivity index (χ0n) is 19.4. The molecular formula is C26H23BrN4O4. The molecule has 0 spiro atoms. The number of aromatic nitrogens is 2. The normalized spacial score (nSPS) is 11.5. The molecule has 0 aliphatic heterocycles. The second-order valence-electron chi connectivity index (χ2n) is 8.37. The van der Waals surface area contributed by atoms with Gasteiger partial charge in [-0.2, -0.15) is 9.78 Å². The van der Waals surface area contributed by atoms with Gasteiger partial charge in [-0.3, -0.25) is 14.9 Å². The Morgan fingerprint density at radius 2 is 1.91 bits per heavy atom. The quantitative estimate of drug-likeness (QED) is 0.165. The van der Waals surface area contributed by atoms with Crippen molar-refractivity contribution >= 4 is 38.7 Å². The van der Waals surface area contributed by atoms with Gasteiger partial charge in [-0.05, 0) is 36.8 Å². The molecule has 0 unspecified atom stereocenters. The van der Waals surface area contributed by atoms with Crippen LogP contribution in [0.5, 0.6) is 5.75 Å². The highest BCUT2D eigenvalue weighted by atomic mass is 79.9. The van der Waals surface area contributed by atoms with E-state index in [0.717, 1.165) is 15.6 Å². The first-order valence-electron chi connectivity index (χ1n) is 11.0. The Morgan fingerprint density at radius 1 is 1.17 bits per heavy atom. The first-order chi connectivity index (χ1) is 16.7. The van der Waals surface area contributed by atoms with Gasteiger partial charge in [-0.1, -0.05) is 65.7 Å². The van der Waals surface area contributed by atoms with E-state index in [0.29, 0.717) is 22.3 Å². The SMILES string of the molecule is Cc1ccc(COc2c(C=Nn3c(C(C)C)nc4ccc(Br)cc4c3=O)cccc2[N+](=O)[O-])cc1. The van der Waals surface area contributed by atoms with Crippen molar-refractivity contribution in [1.29, 1.82) is 0 Å². The van der Waals surface area contributed by atoms with Crippen molar-refractivity contribution in [3.63, 3.8) is 0 Å². The molecule has 0 N–H and O–H groups in total. The lowest BCUT2D eigenvalue weighted by atomic mass is 10.1. The maximum Gasteiger partial charge on any atom is 0.311 e. The van der Waals surface area contributed by atoms with Crippen LogP contribution in [0.25, 0.3) is 10.9 Å². The van der Waals surface area contributed by atoms with Crippen LogP contribution >= 0.6 is 15.9 Å². The number of nitro groups is 1. The topological polar surface area (TPSA) is 99.6 Å². The van der Waals surface area contributed by atoms with E-state index in [1.54, 1.807) is 24.3 Å². The molecular weight excluding hydrogens is 512 g/mol. The predicted octanol–water partition coefficient (Wildman–Crippen LogP) is 5.96. The Bertz CT molecular complexity index is 1490. The number of para-hydroxylation sites is 1. The third-order valence-electron chi connectivity index (χ3n) is 5.39. The summed E-state index contributed by atoms with van der Waals surface area (Å²) in [5, 5.41) is 16.5. The van der Waals surface area contributed by atoms with Crippen LogP contribution in [0, 0.1) is 17.0 Å². The third kappa shape index (κ3) is 5.30. The molecule has 4 aromatic rings. The zero-order valence-corrected chi connectivity index (χ0v) is 21.0. The number of nitro benzene ring substituents is 1. The molecule has 0 saturated heterocycles. The summed E-state index contributed by atoms with van der Waals surface area (Å²) in [5.41, 5.74) is 2.42. The van der Waals surface area contributed by atoms with E-state index in [1.807, 2.05) is 51.1 Å². The number of ether oxygens (including phenoxy) is 1. The molecule has 0 atom stereocenters. The predicted molar refractivity (Wildman–Crippen MR) is 139 cm³/mol. The van der Waals surface area contributed by atoms with E-state index in [9.17, 15) is 14.9 Å². The molecule has 0 radical (unpaired) electrons. The molecule has 3 aromatic carbocycles. The highest BCUT2D eigenvalue weighted by molar-refractivity contribution is 9.10. The summed E-state index contributed by atoms with van der Waals surface area (Å²) >= 11 is 3.39. The number of benzene rings is 3. The maximum atomic E-state index is 13.3. The lowest BCUT2D eigenvalue weighted by Crippen LogP contribution is -2.23. The average molecular weight is 535 g/mol. The lowest BCUT2D eigenvalue weighted by Gasteiger charge is -2.13. The van der Waals surface area contributed by atoms with E-state index < -0.39 is 4.92 Å². The van der Waals surface area contributed by atoms with Gasteiger partial charge in [-0.25, -0.2) is 4.98 Å². The molecule has 1 aromatic heterocycles. The van der Waals surface area contributed by atoms with Crippen molar-refractivity contribution < 1.29 is 9.66 Å². The fourth-order valence-electron chi connectivity index (χ4n) is 3.56. The van der Waals surface area contributed by atoms with Crippen LogP contribution in [-0.4, -0.2) is 20.8 Å². The van der Waals surface area contributed by atoms with Crippen molar-refractivity contribution in [3.8, 4) is 5.75 Å². The maximum absolute atomic E-state index is 13.3. The zero-order chi connectivity index (χ0) is 25.1. The van der Waals surface area contributed by atoms with Gasteiger partial charge in [0, 0.05) is 22.0 Å². The summed E-state index contributed by atoms with van der Waals surface area (Å²) in [7, 11) is 0. The minimum absolute atomic E-state index is 0.0810. The minimum Gasteiger partial charge on any atom is -0.481 e. The molecule has 9 heteroatoms. The Labute approximate surface area is 210 Å². The molecule has 35 heavy (non-hydrogen) atoms. The summed E-state index contributed by atoms with van der Waals surface area (Å²) in [6, 6.07) is 17.6. The van der Waals surface area contributed by atoms with Crippen molar-refractivity contribution in [2.24, 2.45) is 5.10 Å². The van der Waals surface area contributed by atoms with E-state index in [-0.39, 0.29) is 29.5 Å². The van der Waals surface area contributed by atoms with Gasteiger partial charge >= 0.3 is 5.69 Å². The number of aryl methyl sites for hydroxylation is 1. The summed E-state index contributed by atoms with van der Waals surface area (Å²) < 4.78 is 7.89. The van der Waals surface area contributed by atoms with E-state index in [2.05, 4.69) is 26.0 Å². The number of fused-ring (bicyclic) bond motifs is 1. The standard InChI is InChI=1S/C26H23BrN4O4/c1-16(2)25-29-22-12-11-20(27)13-21(22)26(32)30(25)28-14-19-5-4-6-23(31(33)34)24(19)35-15-18-9-7-17(3)8-10-18/h4-14,16H,15H2,1-3H3. The minimum atomic E-state index is -0.497. The highest BCUT2D eigenvalue weighted by Crippen LogP contribution is 2.31. The molecule has 0 amide bonds. The fourth-order valence-corrected chi connectivity index (χ4v) is 3.92. The summed E-state index contributed by atoms with van der Waals surface area (Å²) in [6.45, 7) is 5.97. The van der Waals surface area contributed by atoms with Gasteiger partial charge in [0.15, 0.2) is 0 Å². The van der Waals surface area contributed by atoms with Gasteiger partial charge in [0.1, 0.15) is 12.4 Å². The second-order valence-corrected chi connectivity index (χ2v) is 9.29. The Kier molecular flexibility index (Phi) is 7.07. The van der Waals surface area contributed by atoms with Crippen LogP contribution < -0.4 is 10.3 Å². The Balaban J connectivity index is 1.78. The number of hydrogen-bond donors (Lipinski definition) is 0.